The number of halogens is 1. The van der Waals surface area contributed by atoms with Crippen molar-refractivity contribution in [3.05, 3.63) is 71.1 Å². The monoisotopic (exact) mass is 287 g/mol. The Kier molecular flexibility index (Phi) is 4.39. The second-order valence-corrected chi connectivity index (χ2v) is 6.36. The molecule has 105 valence electrons. The first-order valence-corrected chi connectivity index (χ1v) is 7.08. The molecule has 20 heavy (non-hydrogen) atoms. The van der Waals surface area contributed by atoms with Gasteiger partial charge in [-0.1, -0.05) is 62.7 Å². The highest BCUT2D eigenvalue weighted by molar-refractivity contribution is 6.32. The summed E-state index contributed by atoms with van der Waals surface area (Å²) in [5, 5.41) is 0.652. The lowest BCUT2D eigenvalue weighted by Gasteiger charge is -2.20. The molecule has 0 aliphatic heterocycles. The van der Waals surface area contributed by atoms with Crippen LogP contribution in [0.3, 0.4) is 0 Å². The van der Waals surface area contributed by atoms with Gasteiger partial charge in [0.15, 0.2) is 0 Å². The van der Waals surface area contributed by atoms with Crippen LogP contribution in [-0.4, -0.2) is 0 Å². The molecule has 0 heterocycles. The fourth-order valence-electron chi connectivity index (χ4n) is 1.94. The van der Waals surface area contributed by atoms with Crippen molar-refractivity contribution < 1.29 is 4.74 Å². The van der Waals surface area contributed by atoms with E-state index in [0.29, 0.717) is 17.4 Å². The zero-order valence-corrected chi connectivity index (χ0v) is 13.0. The molecule has 0 bridgehead atoms. The molecule has 0 saturated carbocycles. The van der Waals surface area contributed by atoms with Gasteiger partial charge in [-0.05, 0) is 41.2 Å². The highest BCUT2D eigenvalue weighted by Gasteiger charge is 2.15. The Morgan fingerprint density at radius 1 is 1.10 bits per heavy atom. The third-order valence-corrected chi connectivity index (χ3v) is 3.59. The molecule has 1 radical (unpaired) electrons. The molecule has 0 unspecified atom stereocenters. The normalized spacial score (nSPS) is 11.4. The molecule has 0 amide bonds. The summed E-state index contributed by atoms with van der Waals surface area (Å²) in [5.74, 6) is 0.711. The van der Waals surface area contributed by atoms with Crippen molar-refractivity contribution in [1.29, 1.82) is 0 Å². The van der Waals surface area contributed by atoms with Crippen molar-refractivity contribution in [2.75, 3.05) is 0 Å². The van der Waals surface area contributed by atoms with Gasteiger partial charge >= 0.3 is 0 Å². The van der Waals surface area contributed by atoms with Crippen molar-refractivity contribution in [3.63, 3.8) is 0 Å². The van der Waals surface area contributed by atoms with E-state index in [0.717, 1.165) is 11.1 Å². The lowest BCUT2D eigenvalue weighted by atomic mass is 9.87. The van der Waals surface area contributed by atoms with Crippen molar-refractivity contribution in [2.24, 2.45) is 0 Å². The molecular formula is C18H20ClO. The van der Waals surface area contributed by atoms with Gasteiger partial charge in [0.05, 0.1) is 5.02 Å². The van der Waals surface area contributed by atoms with E-state index in [9.17, 15) is 0 Å². The average Bonchev–Trinajstić information content (AvgIpc) is 2.38. The predicted octanol–water partition coefficient (Wildman–Crippen LogP) is 5.40. The molecule has 2 rings (SSSR count). The van der Waals surface area contributed by atoms with Gasteiger partial charge in [-0.3, -0.25) is 0 Å². The molecule has 0 fully saturated rings. The van der Waals surface area contributed by atoms with Gasteiger partial charge in [0.2, 0.25) is 0 Å². The zero-order chi connectivity index (χ0) is 14.8. The Labute approximate surface area is 126 Å². The molecule has 2 aromatic rings. The Bertz CT molecular complexity index is 597. The highest BCUT2D eigenvalue weighted by atomic mass is 35.5. The standard InChI is InChI=1S/C18H20ClO/c1-13-7-5-6-8-14(13)12-20-17-10-9-15(11-16(17)19)18(2,3)4/h5-11H,1,12H2,2-4H3. The van der Waals surface area contributed by atoms with Gasteiger partial charge in [0, 0.05) is 0 Å². The zero-order valence-electron chi connectivity index (χ0n) is 12.2. The van der Waals surface area contributed by atoms with Crippen LogP contribution in [-0.2, 0) is 12.0 Å². The summed E-state index contributed by atoms with van der Waals surface area (Å²) in [7, 11) is 0. The Morgan fingerprint density at radius 3 is 2.40 bits per heavy atom. The summed E-state index contributed by atoms with van der Waals surface area (Å²) in [4.78, 5) is 0. The molecule has 0 N–H and O–H groups in total. The summed E-state index contributed by atoms with van der Waals surface area (Å²) >= 11 is 6.30. The van der Waals surface area contributed by atoms with Crippen molar-refractivity contribution in [3.8, 4) is 5.75 Å². The van der Waals surface area contributed by atoms with Crippen molar-refractivity contribution in [1.82, 2.24) is 0 Å². The minimum Gasteiger partial charge on any atom is -0.487 e. The summed E-state index contributed by atoms with van der Waals surface area (Å²) in [6.07, 6.45) is 0. The fraction of sp³-hybridized carbons (Fsp3) is 0.278. The van der Waals surface area contributed by atoms with E-state index in [1.807, 2.05) is 36.4 Å². The summed E-state index contributed by atoms with van der Waals surface area (Å²) in [6, 6.07) is 13.9. The van der Waals surface area contributed by atoms with Gasteiger partial charge in [0.1, 0.15) is 12.4 Å². The first-order valence-electron chi connectivity index (χ1n) is 6.70. The molecule has 2 heteroatoms. The lowest BCUT2D eigenvalue weighted by molar-refractivity contribution is 0.306. The minimum atomic E-state index is 0.0854. The van der Waals surface area contributed by atoms with Crippen LogP contribution in [0.15, 0.2) is 42.5 Å². The summed E-state index contributed by atoms with van der Waals surface area (Å²) in [6.45, 7) is 11.0. The molecule has 0 saturated heterocycles. The number of hydrogen-bond acceptors (Lipinski definition) is 1. The van der Waals surface area contributed by atoms with E-state index in [4.69, 9.17) is 16.3 Å². The topological polar surface area (TPSA) is 9.23 Å². The molecule has 0 spiro atoms. The molecule has 0 aromatic heterocycles. The maximum atomic E-state index is 6.30. The first-order chi connectivity index (χ1) is 9.38. The maximum absolute atomic E-state index is 6.30. The lowest BCUT2D eigenvalue weighted by Crippen LogP contribution is -2.11. The number of hydrogen-bond donors (Lipinski definition) is 0. The predicted molar refractivity (Wildman–Crippen MR) is 85.4 cm³/mol. The molecule has 0 aliphatic rings. The van der Waals surface area contributed by atoms with E-state index in [-0.39, 0.29) is 5.41 Å². The van der Waals surface area contributed by atoms with E-state index >= 15 is 0 Å². The van der Waals surface area contributed by atoms with E-state index in [1.54, 1.807) is 0 Å². The van der Waals surface area contributed by atoms with Crippen molar-refractivity contribution in [2.45, 2.75) is 32.8 Å². The third-order valence-electron chi connectivity index (χ3n) is 3.30. The van der Waals surface area contributed by atoms with E-state index < -0.39 is 0 Å². The first kappa shape index (κ1) is 14.9. The largest absolute Gasteiger partial charge is 0.487 e. The number of rotatable bonds is 3. The van der Waals surface area contributed by atoms with Gasteiger partial charge in [0.25, 0.3) is 0 Å². The molecule has 1 nitrogen and oxygen atoms in total. The van der Waals surface area contributed by atoms with Crippen LogP contribution in [0, 0.1) is 6.92 Å². The van der Waals surface area contributed by atoms with E-state index in [1.165, 1.54) is 5.56 Å². The van der Waals surface area contributed by atoms with Crippen molar-refractivity contribution >= 4 is 11.6 Å². The van der Waals surface area contributed by atoms with Crippen LogP contribution in [0.25, 0.3) is 0 Å². The summed E-state index contributed by atoms with van der Waals surface area (Å²) < 4.78 is 5.80. The Hall–Kier alpha value is -1.47. The van der Waals surface area contributed by atoms with Crippen LogP contribution in [0.5, 0.6) is 5.75 Å². The van der Waals surface area contributed by atoms with E-state index in [2.05, 4.69) is 33.8 Å². The molecule has 0 atom stereocenters. The van der Waals surface area contributed by atoms with Gasteiger partial charge < -0.3 is 4.74 Å². The smallest absolute Gasteiger partial charge is 0.138 e. The van der Waals surface area contributed by atoms with Gasteiger partial charge in [-0.25, -0.2) is 0 Å². The molecular weight excluding hydrogens is 268 g/mol. The minimum absolute atomic E-state index is 0.0854. The van der Waals surface area contributed by atoms with Crippen LogP contribution in [0.1, 0.15) is 37.5 Å². The van der Waals surface area contributed by atoms with Gasteiger partial charge in [-0.2, -0.15) is 0 Å². The summed E-state index contributed by atoms with van der Waals surface area (Å²) in [5.41, 5.74) is 3.34. The van der Waals surface area contributed by atoms with Crippen LogP contribution in [0.2, 0.25) is 5.02 Å². The average molecular weight is 288 g/mol. The second kappa shape index (κ2) is 5.88. The van der Waals surface area contributed by atoms with Crippen LogP contribution >= 0.6 is 11.6 Å². The van der Waals surface area contributed by atoms with Crippen LogP contribution in [0.4, 0.5) is 0 Å². The quantitative estimate of drug-likeness (QED) is 0.734. The Morgan fingerprint density at radius 2 is 1.80 bits per heavy atom. The number of ether oxygens (including phenoxy) is 1. The molecule has 2 aromatic carbocycles. The SMILES string of the molecule is [CH2]c1ccccc1COc1ccc(C(C)(C)C)cc1Cl. The maximum Gasteiger partial charge on any atom is 0.138 e. The third kappa shape index (κ3) is 3.55. The Balaban J connectivity index is 2.13. The van der Waals surface area contributed by atoms with Gasteiger partial charge in [-0.15, -0.1) is 0 Å². The van der Waals surface area contributed by atoms with Crippen LogP contribution < -0.4 is 4.74 Å². The fourth-order valence-corrected chi connectivity index (χ4v) is 2.17. The molecule has 0 aliphatic carbocycles. The highest BCUT2D eigenvalue weighted by Crippen LogP contribution is 2.31. The number of benzene rings is 2. The second-order valence-electron chi connectivity index (χ2n) is 5.95.